The fraction of sp³-hybridized carbons (Fsp3) is 0.300. The van der Waals surface area contributed by atoms with E-state index in [0.717, 1.165) is 38.9 Å². The number of hydrogen-bond donors (Lipinski definition) is 1. The van der Waals surface area contributed by atoms with Crippen molar-refractivity contribution in [2.75, 3.05) is 32.8 Å². The van der Waals surface area contributed by atoms with Gasteiger partial charge in [-0.3, -0.25) is 9.69 Å². The van der Waals surface area contributed by atoms with Crippen molar-refractivity contribution in [3.8, 4) is 5.75 Å². The number of ether oxygens (including phenoxy) is 2. The number of carbonyl (C=O) groups excluding carboxylic acids is 1. The summed E-state index contributed by atoms with van der Waals surface area (Å²) in [5.74, 6) is 0.580. The number of rotatable bonds is 7. The van der Waals surface area contributed by atoms with Crippen LogP contribution in [0.25, 0.3) is 0 Å². The largest absolute Gasteiger partial charge is 0.487 e. The first kappa shape index (κ1) is 21.0. The summed E-state index contributed by atoms with van der Waals surface area (Å²) in [5, 5.41) is 4.05. The number of morpholine rings is 1. The third kappa shape index (κ3) is 6.41. The molecule has 0 aliphatic carbocycles. The number of hydrogen-bond acceptors (Lipinski definition) is 5. The second-order valence-electron chi connectivity index (χ2n) is 6.27. The van der Waals surface area contributed by atoms with Gasteiger partial charge < -0.3 is 9.47 Å². The van der Waals surface area contributed by atoms with Gasteiger partial charge in [-0.25, -0.2) is 5.43 Å². The zero-order valence-corrected chi connectivity index (χ0v) is 18.4. The molecule has 1 aliphatic rings. The molecule has 0 atom stereocenters. The molecule has 1 saturated heterocycles. The van der Waals surface area contributed by atoms with E-state index < -0.39 is 0 Å². The Hall–Kier alpha value is -1.74. The van der Waals surface area contributed by atoms with Crippen LogP contribution in [-0.4, -0.2) is 49.9 Å². The van der Waals surface area contributed by atoms with E-state index in [1.54, 1.807) is 6.21 Å². The Balaban J connectivity index is 1.54. The van der Waals surface area contributed by atoms with Gasteiger partial charge in [0.2, 0.25) is 0 Å². The highest BCUT2D eigenvalue weighted by Crippen LogP contribution is 2.35. The Morgan fingerprint density at radius 2 is 1.86 bits per heavy atom. The summed E-state index contributed by atoms with van der Waals surface area (Å²) in [6.45, 7) is 3.65. The summed E-state index contributed by atoms with van der Waals surface area (Å²) in [7, 11) is 0. The number of benzene rings is 2. The number of hydrazone groups is 1. The zero-order chi connectivity index (χ0) is 19.8. The molecule has 2 aromatic rings. The van der Waals surface area contributed by atoms with Crippen LogP contribution >= 0.6 is 31.9 Å². The smallest absolute Gasteiger partial charge is 0.254 e. The van der Waals surface area contributed by atoms with E-state index in [9.17, 15) is 4.79 Å². The lowest BCUT2D eigenvalue weighted by Gasteiger charge is -2.25. The minimum Gasteiger partial charge on any atom is -0.487 e. The highest BCUT2D eigenvalue weighted by atomic mass is 79.9. The van der Waals surface area contributed by atoms with Crippen LogP contribution in [0.15, 0.2) is 56.5 Å². The van der Waals surface area contributed by atoms with Crippen molar-refractivity contribution in [2.24, 2.45) is 5.10 Å². The number of amides is 1. The minimum absolute atomic E-state index is 0.140. The molecule has 148 valence electrons. The van der Waals surface area contributed by atoms with Gasteiger partial charge in [0.15, 0.2) is 0 Å². The van der Waals surface area contributed by atoms with Gasteiger partial charge in [0.05, 0.1) is 34.9 Å². The molecule has 0 unspecified atom stereocenters. The molecule has 6 nitrogen and oxygen atoms in total. The molecular weight excluding hydrogens is 490 g/mol. The van der Waals surface area contributed by atoms with Crippen LogP contribution in [0.5, 0.6) is 5.75 Å². The molecule has 1 aliphatic heterocycles. The van der Waals surface area contributed by atoms with E-state index in [4.69, 9.17) is 9.47 Å². The first-order valence-electron chi connectivity index (χ1n) is 8.89. The second kappa shape index (κ2) is 10.7. The Kier molecular flexibility index (Phi) is 8.02. The van der Waals surface area contributed by atoms with Gasteiger partial charge in [-0.05, 0) is 55.1 Å². The molecule has 0 aromatic heterocycles. The van der Waals surface area contributed by atoms with Crippen molar-refractivity contribution in [3.63, 3.8) is 0 Å². The van der Waals surface area contributed by atoms with Crippen molar-refractivity contribution in [2.45, 2.75) is 6.61 Å². The molecule has 1 amide bonds. The highest BCUT2D eigenvalue weighted by molar-refractivity contribution is 9.11. The van der Waals surface area contributed by atoms with E-state index in [1.165, 1.54) is 0 Å². The summed E-state index contributed by atoms with van der Waals surface area (Å²) >= 11 is 7.07. The van der Waals surface area contributed by atoms with Gasteiger partial charge in [-0.2, -0.15) is 5.10 Å². The Labute approximate surface area is 181 Å². The number of halogens is 2. The average molecular weight is 511 g/mol. The summed E-state index contributed by atoms with van der Waals surface area (Å²) in [5.41, 5.74) is 4.49. The molecule has 1 heterocycles. The maximum absolute atomic E-state index is 12.0. The standard InChI is InChI=1S/C20H21Br2N3O3/c21-17-10-16(12-23-24-19(26)13-25-6-8-27-9-7-25)11-18(22)20(17)28-14-15-4-2-1-3-5-15/h1-5,10-12H,6-9,13-14H2,(H,24,26)/b23-12-. The van der Waals surface area contributed by atoms with Crippen molar-refractivity contribution in [3.05, 3.63) is 62.5 Å². The molecule has 0 saturated carbocycles. The summed E-state index contributed by atoms with van der Waals surface area (Å²) in [4.78, 5) is 14.0. The molecule has 1 N–H and O–H groups in total. The fourth-order valence-electron chi connectivity index (χ4n) is 2.70. The predicted molar refractivity (Wildman–Crippen MR) is 116 cm³/mol. The molecule has 0 spiro atoms. The fourth-order valence-corrected chi connectivity index (χ4v) is 4.15. The molecule has 2 aromatic carbocycles. The first-order valence-corrected chi connectivity index (χ1v) is 10.5. The van der Waals surface area contributed by atoms with Gasteiger partial charge in [-0.15, -0.1) is 0 Å². The van der Waals surface area contributed by atoms with Crippen LogP contribution in [0.2, 0.25) is 0 Å². The van der Waals surface area contributed by atoms with Crippen molar-refractivity contribution in [1.82, 2.24) is 10.3 Å². The summed E-state index contributed by atoms with van der Waals surface area (Å²) in [6, 6.07) is 13.8. The second-order valence-corrected chi connectivity index (χ2v) is 7.98. The summed E-state index contributed by atoms with van der Waals surface area (Å²) in [6.07, 6.45) is 1.60. The Bertz CT molecular complexity index is 802. The van der Waals surface area contributed by atoms with Crippen LogP contribution in [0.4, 0.5) is 0 Å². The first-order chi connectivity index (χ1) is 13.6. The third-order valence-corrected chi connectivity index (χ3v) is 5.30. The molecular formula is C20H21Br2N3O3. The predicted octanol–water partition coefficient (Wildman–Crippen LogP) is 3.57. The monoisotopic (exact) mass is 509 g/mol. The topological polar surface area (TPSA) is 63.2 Å². The van der Waals surface area contributed by atoms with Crippen LogP contribution in [0.3, 0.4) is 0 Å². The van der Waals surface area contributed by atoms with E-state index in [0.29, 0.717) is 26.4 Å². The van der Waals surface area contributed by atoms with Gasteiger partial charge in [-0.1, -0.05) is 30.3 Å². The Morgan fingerprint density at radius 3 is 2.54 bits per heavy atom. The molecule has 1 fully saturated rings. The van der Waals surface area contributed by atoms with Crippen molar-refractivity contribution < 1.29 is 14.3 Å². The lowest BCUT2D eigenvalue weighted by molar-refractivity contribution is -0.123. The quantitative estimate of drug-likeness (QED) is 0.457. The third-order valence-electron chi connectivity index (χ3n) is 4.12. The average Bonchev–Trinajstić information content (AvgIpc) is 2.69. The van der Waals surface area contributed by atoms with Crippen LogP contribution in [0.1, 0.15) is 11.1 Å². The maximum atomic E-state index is 12.0. The molecule has 8 heteroatoms. The minimum atomic E-state index is -0.140. The van der Waals surface area contributed by atoms with E-state index in [1.807, 2.05) is 47.4 Å². The lowest BCUT2D eigenvalue weighted by Crippen LogP contribution is -2.42. The number of carbonyl (C=O) groups is 1. The normalized spacial score (nSPS) is 14.9. The zero-order valence-electron chi connectivity index (χ0n) is 15.2. The lowest BCUT2D eigenvalue weighted by atomic mass is 10.2. The maximum Gasteiger partial charge on any atom is 0.254 e. The van der Waals surface area contributed by atoms with Crippen molar-refractivity contribution in [1.29, 1.82) is 0 Å². The van der Waals surface area contributed by atoms with Gasteiger partial charge in [0.1, 0.15) is 12.4 Å². The number of nitrogens with one attached hydrogen (secondary N) is 1. The van der Waals surface area contributed by atoms with Gasteiger partial charge in [0, 0.05) is 13.1 Å². The van der Waals surface area contributed by atoms with E-state index >= 15 is 0 Å². The van der Waals surface area contributed by atoms with Crippen LogP contribution in [-0.2, 0) is 16.1 Å². The van der Waals surface area contributed by atoms with E-state index in [-0.39, 0.29) is 5.91 Å². The molecule has 0 radical (unpaired) electrons. The molecule has 0 bridgehead atoms. The van der Waals surface area contributed by atoms with Crippen LogP contribution < -0.4 is 10.2 Å². The van der Waals surface area contributed by atoms with Gasteiger partial charge >= 0.3 is 0 Å². The SMILES string of the molecule is O=C(CN1CCOCC1)N/N=C\c1cc(Br)c(OCc2ccccc2)c(Br)c1. The Morgan fingerprint density at radius 1 is 1.18 bits per heavy atom. The number of nitrogens with zero attached hydrogens (tertiary/aromatic N) is 2. The van der Waals surface area contributed by atoms with Crippen LogP contribution in [0, 0.1) is 0 Å². The summed E-state index contributed by atoms with van der Waals surface area (Å²) < 4.78 is 12.8. The highest BCUT2D eigenvalue weighted by Gasteiger charge is 2.13. The van der Waals surface area contributed by atoms with E-state index in [2.05, 4.69) is 42.4 Å². The molecule has 28 heavy (non-hydrogen) atoms. The molecule has 3 rings (SSSR count). The van der Waals surface area contributed by atoms with Crippen molar-refractivity contribution >= 4 is 44.0 Å². The van der Waals surface area contributed by atoms with Gasteiger partial charge in [0.25, 0.3) is 5.91 Å².